The maximum absolute atomic E-state index is 5.91. The summed E-state index contributed by atoms with van der Waals surface area (Å²) in [7, 11) is 0. The summed E-state index contributed by atoms with van der Waals surface area (Å²) in [6.07, 6.45) is 1.98. The van der Waals surface area contributed by atoms with Crippen LogP contribution in [0, 0.1) is 0 Å². The van der Waals surface area contributed by atoms with Gasteiger partial charge in [-0.1, -0.05) is 12.2 Å². The third-order valence-electron chi connectivity index (χ3n) is 2.40. The molecule has 1 heterocycles. The molecule has 0 amide bonds. The molecule has 3 heteroatoms. The number of rotatable bonds is 2. The molecule has 1 fully saturated rings. The van der Waals surface area contributed by atoms with Crippen LogP contribution < -0.4 is 5.32 Å². The van der Waals surface area contributed by atoms with Crippen molar-refractivity contribution < 1.29 is 4.74 Å². The number of hydrogen-bond acceptors (Lipinski definition) is 3. The summed E-state index contributed by atoms with van der Waals surface area (Å²) < 4.78 is 5.91. The molecule has 0 aliphatic carbocycles. The van der Waals surface area contributed by atoms with Gasteiger partial charge in [0.15, 0.2) is 0 Å². The standard InChI is InChI=1S/C11H19NOS/c1-6-12-7-8-9(14)11(4,5)13-10(8,2)3/h7,12H,6H2,1-5H3. The van der Waals surface area contributed by atoms with E-state index in [0.717, 1.165) is 17.0 Å². The molecule has 0 spiro atoms. The first-order chi connectivity index (χ1) is 6.31. The van der Waals surface area contributed by atoms with Crippen LogP contribution in [0.3, 0.4) is 0 Å². The molecule has 0 atom stereocenters. The molecule has 0 bridgehead atoms. The SMILES string of the molecule is CCNC=C1C(=S)C(C)(C)OC1(C)C. The molecular weight excluding hydrogens is 194 g/mol. The lowest BCUT2D eigenvalue weighted by molar-refractivity contribution is -0.0371. The third-order valence-corrected chi connectivity index (χ3v) is 3.11. The maximum atomic E-state index is 5.91. The summed E-state index contributed by atoms with van der Waals surface area (Å²) in [4.78, 5) is 0.906. The lowest BCUT2D eigenvalue weighted by Gasteiger charge is -2.22. The van der Waals surface area contributed by atoms with Gasteiger partial charge < -0.3 is 10.1 Å². The second kappa shape index (κ2) is 3.63. The van der Waals surface area contributed by atoms with Gasteiger partial charge in [0, 0.05) is 18.3 Å². The zero-order chi connectivity index (χ0) is 11.0. The Morgan fingerprint density at radius 3 is 2.21 bits per heavy atom. The quantitative estimate of drug-likeness (QED) is 0.562. The second-order valence-electron chi connectivity index (χ2n) is 4.57. The van der Waals surface area contributed by atoms with E-state index >= 15 is 0 Å². The fourth-order valence-electron chi connectivity index (χ4n) is 1.78. The van der Waals surface area contributed by atoms with Crippen molar-refractivity contribution in [1.82, 2.24) is 5.32 Å². The predicted octanol–water partition coefficient (Wildman–Crippen LogP) is 2.44. The lowest BCUT2D eigenvalue weighted by Crippen LogP contribution is -2.28. The summed E-state index contributed by atoms with van der Waals surface area (Å²) in [6, 6.07) is 0. The van der Waals surface area contributed by atoms with E-state index in [0.29, 0.717) is 0 Å². The Hall–Kier alpha value is -0.410. The van der Waals surface area contributed by atoms with Crippen LogP contribution in [-0.4, -0.2) is 22.6 Å². The topological polar surface area (TPSA) is 21.3 Å². The Bertz CT molecular complexity index is 279. The van der Waals surface area contributed by atoms with E-state index in [9.17, 15) is 0 Å². The van der Waals surface area contributed by atoms with Gasteiger partial charge in [-0.05, 0) is 34.6 Å². The highest BCUT2D eigenvalue weighted by molar-refractivity contribution is 7.81. The summed E-state index contributed by atoms with van der Waals surface area (Å²) in [5, 5.41) is 3.18. The van der Waals surface area contributed by atoms with E-state index < -0.39 is 0 Å². The van der Waals surface area contributed by atoms with Crippen molar-refractivity contribution >= 4 is 17.1 Å². The fourth-order valence-corrected chi connectivity index (χ4v) is 2.13. The number of ether oxygens (including phenoxy) is 1. The van der Waals surface area contributed by atoms with E-state index in [2.05, 4.69) is 26.1 Å². The number of hydrogen-bond donors (Lipinski definition) is 1. The van der Waals surface area contributed by atoms with Gasteiger partial charge in [-0.2, -0.15) is 0 Å². The van der Waals surface area contributed by atoms with Crippen LogP contribution in [0.15, 0.2) is 11.8 Å². The molecule has 80 valence electrons. The van der Waals surface area contributed by atoms with Crippen LogP contribution in [0.2, 0.25) is 0 Å². The molecular formula is C11H19NOS. The predicted molar refractivity (Wildman–Crippen MR) is 63.6 cm³/mol. The van der Waals surface area contributed by atoms with E-state index in [1.54, 1.807) is 0 Å². The lowest BCUT2D eigenvalue weighted by atomic mass is 9.94. The maximum Gasteiger partial charge on any atom is 0.0991 e. The summed E-state index contributed by atoms with van der Waals surface area (Å²) >= 11 is 5.41. The number of nitrogens with one attached hydrogen (secondary N) is 1. The van der Waals surface area contributed by atoms with E-state index in [1.807, 2.05) is 20.0 Å². The van der Waals surface area contributed by atoms with Gasteiger partial charge >= 0.3 is 0 Å². The van der Waals surface area contributed by atoms with Crippen molar-refractivity contribution in [3.63, 3.8) is 0 Å². The molecule has 1 saturated heterocycles. The molecule has 1 aliphatic rings. The van der Waals surface area contributed by atoms with Gasteiger partial charge in [0.1, 0.15) is 0 Å². The van der Waals surface area contributed by atoms with Gasteiger partial charge in [-0.15, -0.1) is 0 Å². The van der Waals surface area contributed by atoms with E-state index in [-0.39, 0.29) is 11.2 Å². The van der Waals surface area contributed by atoms with Crippen molar-refractivity contribution in [2.24, 2.45) is 0 Å². The van der Waals surface area contributed by atoms with E-state index in [4.69, 9.17) is 17.0 Å². The zero-order valence-electron chi connectivity index (χ0n) is 9.60. The van der Waals surface area contributed by atoms with Crippen molar-refractivity contribution in [3.8, 4) is 0 Å². The smallest absolute Gasteiger partial charge is 0.0991 e. The van der Waals surface area contributed by atoms with Crippen molar-refractivity contribution in [2.75, 3.05) is 6.54 Å². The first kappa shape index (κ1) is 11.7. The molecule has 1 aliphatic heterocycles. The largest absolute Gasteiger partial charge is 0.391 e. The summed E-state index contributed by atoms with van der Waals surface area (Å²) in [6.45, 7) is 11.1. The molecule has 2 nitrogen and oxygen atoms in total. The van der Waals surface area contributed by atoms with Crippen LogP contribution >= 0.6 is 12.2 Å². The summed E-state index contributed by atoms with van der Waals surface area (Å²) in [5.41, 5.74) is 0.502. The van der Waals surface area contributed by atoms with Gasteiger partial charge in [-0.25, -0.2) is 0 Å². The summed E-state index contributed by atoms with van der Waals surface area (Å²) in [5.74, 6) is 0. The second-order valence-corrected chi connectivity index (χ2v) is 4.98. The fraction of sp³-hybridized carbons (Fsp3) is 0.727. The minimum atomic E-state index is -0.319. The monoisotopic (exact) mass is 213 g/mol. The first-order valence-corrected chi connectivity index (χ1v) is 5.41. The average molecular weight is 213 g/mol. The van der Waals surface area contributed by atoms with Gasteiger partial charge in [-0.3, -0.25) is 0 Å². The first-order valence-electron chi connectivity index (χ1n) is 5.00. The molecule has 0 saturated carbocycles. The van der Waals surface area contributed by atoms with Gasteiger partial charge in [0.2, 0.25) is 0 Å². The Morgan fingerprint density at radius 1 is 1.29 bits per heavy atom. The third kappa shape index (κ3) is 1.98. The molecule has 0 aromatic rings. The molecule has 0 unspecified atom stereocenters. The van der Waals surface area contributed by atoms with Crippen molar-refractivity contribution in [1.29, 1.82) is 0 Å². The Balaban J connectivity index is 3.00. The highest BCUT2D eigenvalue weighted by Crippen LogP contribution is 2.39. The van der Waals surface area contributed by atoms with Crippen LogP contribution in [0.5, 0.6) is 0 Å². The minimum absolute atomic E-state index is 0.275. The number of thiocarbonyl (C=S) groups is 1. The molecule has 1 N–H and O–H groups in total. The average Bonchev–Trinajstić information content (AvgIpc) is 2.16. The molecule has 14 heavy (non-hydrogen) atoms. The van der Waals surface area contributed by atoms with Gasteiger partial charge in [0.05, 0.1) is 16.1 Å². The Morgan fingerprint density at radius 2 is 1.86 bits per heavy atom. The van der Waals surface area contributed by atoms with Crippen LogP contribution in [0.25, 0.3) is 0 Å². The molecule has 1 rings (SSSR count). The minimum Gasteiger partial charge on any atom is -0.391 e. The van der Waals surface area contributed by atoms with Crippen LogP contribution in [0.1, 0.15) is 34.6 Å². The molecule has 0 radical (unpaired) electrons. The highest BCUT2D eigenvalue weighted by atomic mass is 32.1. The van der Waals surface area contributed by atoms with Crippen LogP contribution in [0.4, 0.5) is 0 Å². The molecule has 0 aromatic heterocycles. The highest BCUT2D eigenvalue weighted by Gasteiger charge is 2.46. The molecule has 0 aromatic carbocycles. The Labute approximate surface area is 91.7 Å². The normalized spacial score (nSPS) is 26.9. The van der Waals surface area contributed by atoms with Crippen molar-refractivity contribution in [2.45, 2.75) is 45.8 Å². The van der Waals surface area contributed by atoms with Crippen LogP contribution in [-0.2, 0) is 4.74 Å². The van der Waals surface area contributed by atoms with E-state index in [1.165, 1.54) is 0 Å². The van der Waals surface area contributed by atoms with Crippen molar-refractivity contribution in [3.05, 3.63) is 11.8 Å². The van der Waals surface area contributed by atoms with Gasteiger partial charge in [0.25, 0.3) is 0 Å². The zero-order valence-corrected chi connectivity index (χ0v) is 10.4. The Kier molecular flexibility index (Phi) is 3.02.